The lowest BCUT2D eigenvalue weighted by Crippen LogP contribution is -2.18. The van der Waals surface area contributed by atoms with E-state index in [1.807, 2.05) is 43.6 Å². The molecule has 0 fully saturated rings. The van der Waals surface area contributed by atoms with Crippen LogP contribution in [-0.2, 0) is 0 Å². The van der Waals surface area contributed by atoms with Gasteiger partial charge in [0.05, 0.1) is 12.0 Å². The van der Waals surface area contributed by atoms with Crippen LogP contribution >= 0.6 is 11.3 Å². The van der Waals surface area contributed by atoms with Gasteiger partial charge < -0.3 is 10.1 Å². The van der Waals surface area contributed by atoms with Crippen molar-refractivity contribution in [3.63, 3.8) is 0 Å². The highest BCUT2D eigenvalue weighted by Crippen LogP contribution is 2.16. The second-order valence-electron chi connectivity index (χ2n) is 3.62. The summed E-state index contributed by atoms with van der Waals surface area (Å²) in [6, 6.07) is 9.21. The molecule has 0 aliphatic carbocycles. The number of nitrogens with one attached hydrogen (secondary N) is 1. The number of benzene rings is 1. The van der Waals surface area contributed by atoms with Crippen LogP contribution in [0.3, 0.4) is 0 Å². The summed E-state index contributed by atoms with van der Waals surface area (Å²) in [5, 5.41) is 4.77. The summed E-state index contributed by atoms with van der Waals surface area (Å²) in [6.45, 7) is 0. The van der Waals surface area contributed by atoms with Crippen LogP contribution in [-0.4, -0.2) is 20.9 Å². The Hall–Kier alpha value is -1.75. The lowest BCUT2D eigenvalue weighted by molar-refractivity contribution is 0.103. The van der Waals surface area contributed by atoms with Crippen LogP contribution in [0, 0.1) is 0 Å². The Kier molecular flexibility index (Phi) is 3.49. The molecule has 0 saturated carbocycles. The van der Waals surface area contributed by atoms with E-state index in [0.717, 1.165) is 21.8 Å². The summed E-state index contributed by atoms with van der Waals surface area (Å²) in [5.41, 5.74) is 1.77. The first kappa shape index (κ1) is 11.7. The molecule has 1 N–H and O–H groups in total. The highest BCUT2D eigenvalue weighted by atomic mass is 32.1. The molecule has 1 amide bonds. The van der Waals surface area contributed by atoms with Crippen LogP contribution in [0.1, 0.15) is 9.67 Å². The molecule has 0 bridgehead atoms. The summed E-state index contributed by atoms with van der Waals surface area (Å²) >= 11 is 1.45. The zero-order chi connectivity index (χ0) is 12.3. The van der Waals surface area contributed by atoms with Crippen molar-refractivity contribution in [3.8, 4) is 5.75 Å². The van der Waals surface area contributed by atoms with Gasteiger partial charge in [-0.25, -0.2) is 0 Å². The van der Waals surface area contributed by atoms with E-state index in [1.165, 1.54) is 11.3 Å². The maximum absolute atomic E-state index is 11.9. The average molecular weight is 245 g/mol. The molecule has 1 aromatic carbocycles. The minimum Gasteiger partial charge on any atom is -0.497 e. The van der Waals surface area contributed by atoms with Crippen LogP contribution in [0.4, 0.5) is 5.69 Å². The predicted molar refractivity (Wildman–Crippen MR) is 73.4 cm³/mol. The van der Waals surface area contributed by atoms with Crippen molar-refractivity contribution in [2.24, 2.45) is 0 Å². The van der Waals surface area contributed by atoms with Crippen LogP contribution in [0.25, 0.3) is 0 Å². The fourth-order valence-electron chi connectivity index (χ4n) is 1.47. The number of ether oxygens (including phenoxy) is 1. The number of thiophene rings is 1. The van der Waals surface area contributed by atoms with Gasteiger partial charge in [-0.1, -0.05) is 11.5 Å². The first-order valence-electron chi connectivity index (χ1n) is 5.20. The lowest BCUT2D eigenvalue weighted by Gasteiger charge is -2.05. The molecule has 3 nitrogen and oxygen atoms in total. The SMILES string of the molecule is Bc1ccsc1C(=O)Nc1ccc(OC)cc1. The molecule has 0 atom stereocenters. The van der Waals surface area contributed by atoms with Gasteiger partial charge in [-0.15, -0.1) is 11.3 Å². The number of methoxy groups -OCH3 is 1. The second-order valence-corrected chi connectivity index (χ2v) is 4.53. The van der Waals surface area contributed by atoms with Gasteiger partial charge in [0.15, 0.2) is 0 Å². The first-order valence-corrected chi connectivity index (χ1v) is 6.08. The third-order valence-corrected chi connectivity index (χ3v) is 3.43. The minimum atomic E-state index is -0.0670. The van der Waals surface area contributed by atoms with Crippen LogP contribution in [0.5, 0.6) is 5.75 Å². The van der Waals surface area contributed by atoms with Gasteiger partial charge in [-0.05, 0) is 29.6 Å². The van der Waals surface area contributed by atoms with E-state index in [-0.39, 0.29) is 5.91 Å². The van der Waals surface area contributed by atoms with E-state index in [2.05, 4.69) is 5.32 Å². The normalized spacial score (nSPS) is 9.94. The van der Waals surface area contributed by atoms with Crippen LogP contribution < -0.4 is 15.5 Å². The van der Waals surface area contributed by atoms with Crippen molar-refractivity contribution in [2.75, 3.05) is 12.4 Å². The number of hydrogen-bond acceptors (Lipinski definition) is 3. The van der Waals surface area contributed by atoms with Crippen molar-refractivity contribution in [3.05, 3.63) is 40.6 Å². The highest BCUT2D eigenvalue weighted by Gasteiger charge is 2.10. The zero-order valence-corrected chi connectivity index (χ0v) is 10.5. The standard InChI is InChI=1S/C12H12BNO2S/c1-16-9-4-2-8(3-5-9)14-12(15)11-10(13)6-7-17-11/h2-7H,13H2,1H3,(H,14,15). The molecular weight excluding hydrogens is 233 g/mol. The molecule has 1 heterocycles. The highest BCUT2D eigenvalue weighted by molar-refractivity contribution is 7.13. The first-order chi connectivity index (χ1) is 8.20. The molecule has 17 heavy (non-hydrogen) atoms. The van der Waals surface area contributed by atoms with Crippen LogP contribution in [0.2, 0.25) is 0 Å². The largest absolute Gasteiger partial charge is 0.497 e. The molecule has 0 aliphatic rings. The molecule has 2 aromatic rings. The minimum absolute atomic E-state index is 0.0670. The average Bonchev–Trinajstić information content (AvgIpc) is 2.76. The molecule has 0 radical (unpaired) electrons. The Balaban J connectivity index is 2.10. The molecule has 0 saturated heterocycles. The Morgan fingerprint density at radius 2 is 2.00 bits per heavy atom. The fourth-order valence-corrected chi connectivity index (χ4v) is 2.29. The van der Waals surface area contributed by atoms with Crippen molar-refractivity contribution in [1.29, 1.82) is 0 Å². The van der Waals surface area contributed by atoms with Gasteiger partial charge >= 0.3 is 0 Å². The molecule has 1 aromatic heterocycles. The summed E-state index contributed by atoms with van der Waals surface area (Å²) < 4.78 is 5.05. The Bertz CT molecular complexity index is 522. The number of hydrogen-bond donors (Lipinski definition) is 1. The molecule has 0 spiro atoms. The van der Waals surface area contributed by atoms with E-state index >= 15 is 0 Å². The van der Waals surface area contributed by atoms with Crippen molar-refractivity contribution in [1.82, 2.24) is 0 Å². The quantitative estimate of drug-likeness (QED) is 0.827. The maximum Gasteiger partial charge on any atom is 0.265 e. The third kappa shape index (κ3) is 2.68. The second kappa shape index (κ2) is 5.06. The van der Waals surface area contributed by atoms with E-state index in [0.29, 0.717) is 0 Å². The summed E-state index contributed by atoms with van der Waals surface area (Å²) in [4.78, 5) is 12.7. The summed E-state index contributed by atoms with van der Waals surface area (Å²) in [5.74, 6) is 0.706. The number of anilines is 1. The predicted octanol–water partition coefficient (Wildman–Crippen LogP) is 1.27. The monoisotopic (exact) mass is 245 g/mol. The van der Waals surface area contributed by atoms with Gasteiger partial charge in [0.25, 0.3) is 5.91 Å². The van der Waals surface area contributed by atoms with Crippen molar-refractivity contribution >= 4 is 36.2 Å². The molecule has 86 valence electrons. The maximum atomic E-state index is 11.9. The number of carbonyl (C=O) groups excluding carboxylic acids is 1. The molecule has 0 aliphatic heterocycles. The van der Waals surface area contributed by atoms with E-state index in [4.69, 9.17) is 4.74 Å². The topological polar surface area (TPSA) is 38.3 Å². The van der Waals surface area contributed by atoms with Gasteiger partial charge in [0.1, 0.15) is 13.6 Å². The van der Waals surface area contributed by atoms with Gasteiger partial charge in [0.2, 0.25) is 0 Å². The molecule has 0 unspecified atom stereocenters. The van der Waals surface area contributed by atoms with Gasteiger partial charge in [0, 0.05) is 5.69 Å². The Morgan fingerprint density at radius 3 is 2.53 bits per heavy atom. The van der Waals surface area contributed by atoms with Gasteiger partial charge in [-0.2, -0.15) is 0 Å². The zero-order valence-electron chi connectivity index (χ0n) is 9.69. The van der Waals surface area contributed by atoms with Crippen LogP contribution in [0.15, 0.2) is 35.7 Å². The fraction of sp³-hybridized carbons (Fsp3) is 0.0833. The Morgan fingerprint density at radius 1 is 1.29 bits per heavy atom. The number of carbonyl (C=O) groups is 1. The molecule has 5 heteroatoms. The number of rotatable bonds is 3. The van der Waals surface area contributed by atoms with E-state index in [1.54, 1.807) is 7.11 Å². The smallest absolute Gasteiger partial charge is 0.265 e. The summed E-state index contributed by atoms with van der Waals surface area (Å²) in [7, 11) is 3.54. The summed E-state index contributed by atoms with van der Waals surface area (Å²) in [6.07, 6.45) is 0. The third-order valence-electron chi connectivity index (χ3n) is 2.42. The van der Waals surface area contributed by atoms with E-state index in [9.17, 15) is 4.79 Å². The molecular formula is C12H12BNO2S. The molecule has 2 rings (SSSR count). The number of amides is 1. The van der Waals surface area contributed by atoms with Crippen molar-refractivity contribution < 1.29 is 9.53 Å². The Labute approximate surface area is 105 Å². The lowest BCUT2D eigenvalue weighted by atomic mass is 9.97. The van der Waals surface area contributed by atoms with Crippen molar-refractivity contribution in [2.45, 2.75) is 0 Å². The van der Waals surface area contributed by atoms with E-state index < -0.39 is 0 Å². The van der Waals surface area contributed by atoms with Gasteiger partial charge in [-0.3, -0.25) is 4.79 Å².